The Hall–Kier alpha value is -2.41. The Morgan fingerprint density at radius 2 is 1.87 bits per heavy atom. The van der Waals surface area contributed by atoms with Crippen molar-refractivity contribution in [2.45, 2.75) is 18.9 Å². The molecule has 1 aromatic rings. The number of hydrogen-bond donors (Lipinski definition) is 2. The van der Waals surface area contributed by atoms with Crippen molar-refractivity contribution in [2.75, 3.05) is 27.8 Å². The van der Waals surface area contributed by atoms with Crippen LogP contribution in [-0.4, -0.2) is 61.1 Å². The summed E-state index contributed by atoms with van der Waals surface area (Å²) in [4.78, 5) is 36.7. The highest BCUT2D eigenvalue weighted by Gasteiger charge is 2.30. The normalized spacial score (nSPS) is 13.0. The SMILES string of the molecule is COCC(C)(CC(=O)O)NC(=O)c1cccc(C(=O)N(C)C)c1. The lowest BCUT2D eigenvalue weighted by Crippen LogP contribution is -2.50. The minimum Gasteiger partial charge on any atom is -0.481 e. The van der Waals surface area contributed by atoms with Crippen LogP contribution in [-0.2, 0) is 9.53 Å². The number of carboxylic acid groups (broad SMARTS) is 1. The third kappa shape index (κ3) is 5.37. The highest BCUT2D eigenvalue weighted by molar-refractivity contribution is 5.99. The van der Waals surface area contributed by atoms with Gasteiger partial charge < -0.3 is 20.1 Å². The first-order valence-corrected chi connectivity index (χ1v) is 7.03. The number of aliphatic carboxylic acids is 1. The fourth-order valence-corrected chi connectivity index (χ4v) is 2.18. The molecule has 126 valence electrons. The van der Waals surface area contributed by atoms with Crippen LogP contribution in [0, 0.1) is 0 Å². The number of rotatable bonds is 7. The number of ether oxygens (including phenoxy) is 1. The molecule has 7 nitrogen and oxygen atoms in total. The number of methoxy groups -OCH3 is 1. The number of carboxylic acids is 1. The zero-order valence-corrected chi connectivity index (χ0v) is 13.8. The van der Waals surface area contributed by atoms with Gasteiger partial charge >= 0.3 is 5.97 Å². The highest BCUT2D eigenvalue weighted by atomic mass is 16.5. The van der Waals surface area contributed by atoms with Crippen molar-refractivity contribution < 1.29 is 24.2 Å². The second-order valence-electron chi connectivity index (χ2n) is 5.80. The van der Waals surface area contributed by atoms with E-state index in [4.69, 9.17) is 9.84 Å². The molecule has 1 aromatic carbocycles. The molecule has 23 heavy (non-hydrogen) atoms. The predicted molar refractivity (Wildman–Crippen MR) is 84.5 cm³/mol. The Kier molecular flexibility index (Phi) is 6.27. The van der Waals surface area contributed by atoms with E-state index in [1.807, 2.05) is 0 Å². The first-order valence-electron chi connectivity index (χ1n) is 7.03. The molecule has 0 bridgehead atoms. The van der Waals surface area contributed by atoms with Gasteiger partial charge in [-0.2, -0.15) is 0 Å². The summed E-state index contributed by atoms with van der Waals surface area (Å²) in [6, 6.07) is 6.27. The second-order valence-corrected chi connectivity index (χ2v) is 5.80. The van der Waals surface area contributed by atoms with Gasteiger partial charge in [0.2, 0.25) is 0 Å². The van der Waals surface area contributed by atoms with Crippen LogP contribution in [0.2, 0.25) is 0 Å². The molecule has 1 rings (SSSR count). The van der Waals surface area contributed by atoms with Crippen molar-refractivity contribution in [3.63, 3.8) is 0 Å². The van der Waals surface area contributed by atoms with E-state index in [-0.39, 0.29) is 24.5 Å². The molecular formula is C16H22N2O5. The average Bonchev–Trinajstić information content (AvgIpc) is 2.45. The van der Waals surface area contributed by atoms with Gasteiger partial charge in [0, 0.05) is 32.3 Å². The van der Waals surface area contributed by atoms with Crippen molar-refractivity contribution in [2.24, 2.45) is 0 Å². The number of amides is 2. The number of benzene rings is 1. The molecule has 0 aromatic heterocycles. The van der Waals surface area contributed by atoms with Crippen molar-refractivity contribution in [1.29, 1.82) is 0 Å². The first kappa shape index (κ1) is 18.6. The fraction of sp³-hybridized carbons (Fsp3) is 0.438. The van der Waals surface area contributed by atoms with E-state index in [1.165, 1.54) is 18.1 Å². The molecule has 1 unspecified atom stereocenters. The zero-order valence-electron chi connectivity index (χ0n) is 13.8. The maximum Gasteiger partial charge on any atom is 0.305 e. The first-order chi connectivity index (χ1) is 10.7. The van der Waals surface area contributed by atoms with Crippen molar-refractivity contribution in [1.82, 2.24) is 10.2 Å². The Bertz CT molecular complexity index is 600. The van der Waals surface area contributed by atoms with Gasteiger partial charge in [0.15, 0.2) is 0 Å². The fourth-order valence-electron chi connectivity index (χ4n) is 2.18. The molecule has 1 atom stereocenters. The zero-order chi connectivity index (χ0) is 17.6. The summed E-state index contributed by atoms with van der Waals surface area (Å²) >= 11 is 0. The van der Waals surface area contributed by atoms with E-state index in [9.17, 15) is 14.4 Å². The standard InChI is InChI=1S/C16H22N2O5/c1-16(10-23-4,9-13(19)20)17-14(21)11-6-5-7-12(8-11)15(22)18(2)3/h5-8H,9-10H2,1-4H3,(H,17,21)(H,19,20). The molecule has 0 fully saturated rings. The Balaban J connectivity index is 2.98. The number of carbonyl (C=O) groups is 3. The molecule has 0 heterocycles. The maximum absolute atomic E-state index is 12.4. The minimum absolute atomic E-state index is 0.0569. The largest absolute Gasteiger partial charge is 0.481 e. The molecule has 2 N–H and O–H groups in total. The van der Waals surface area contributed by atoms with Crippen LogP contribution in [0.3, 0.4) is 0 Å². The third-order valence-electron chi connectivity index (χ3n) is 3.20. The smallest absolute Gasteiger partial charge is 0.305 e. The number of carbonyl (C=O) groups excluding carboxylic acids is 2. The van der Waals surface area contributed by atoms with Crippen LogP contribution in [0.25, 0.3) is 0 Å². The maximum atomic E-state index is 12.4. The van der Waals surface area contributed by atoms with Gasteiger partial charge in [0.05, 0.1) is 18.6 Å². The monoisotopic (exact) mass is 322 g/mol. The minimum atomic E-state index is -1.04. The highest BCUT2D eigenvalue weighted by Crippen LogP contribution is 2.13. The molecule has 7 heteroatoms. The molecule has 0 aliphatic heterocycles. The van der Waals surface area contributed by atoms with Crippen LogP contribution in [0.15, 0.2) is 24.3 Å². The van der Waals surface area contributed by atoms with Crippen LogP contribution >= 0.6 is 0 Å². The number of hydrogen-bond acceptors (Lipinski definition) is 4. The topological polar surface area (TPSA) is 95.9 Å². The summed E-state index contributed by atoms with van der Waals surface area (Å²) < 4.78 is 5.00. The summed E-state index contributed by atoms with van der Waals surface area (Å²) in [6.07, 6.45) is -0.275. The molecule has 0 radical (unpaired) electrons. The molecule has 0 aliphatic carbocycles. The Morgan fingerprint density at radius 1 is 1.26 bits per heavy atom. The Labute approximate surface area is 135 Å². The van der Waals surface area contributed by atoms with E-state index in [0.717, 1.165) is 0 Å². The summed E-state index contributed by atoms with van der Waals surface area (Å²) in [5.41, 5.74) is -0.376. The van der Waals surface area contributed by atoms with Crippen molar-refractivity contribution in [3.8, 4) is 0 Å². The lowest BCUT2D eigenvalue weighted by Gasteiger charge is -2.28. The van der Waals surface area contributed by atoms with E-state index in [1.54, 1.807) is 39.2 Å². The van der Waals surface area contributed by atoms with Gasteiger partial charge in [0.25, 0.3) is 11.8 Å². The molecular weight excluding hydrogens is 300 g/mol. The van der Waals surface area contributed by atoms with E-state index >= 15 is 0 Å². The third-order valence-corrected chi connectivity index (χ3v) is 3.20. The summed E-state index contributed by atoms with van der Waals surface area (Å²) in [5, 5.41) is 11.6. The van der Waals surface area contributed by atoms with Gasteiger partial charge in [-0.25, -0.2) is 0 Å². The predicted octanol–water partition coefficient (Wildman–Crippen LogP) is 0.998. The molecule has 0 aliphatic rings. The van der Waals surface area contributed by atoms with Crippen LogP contribution in [0.4, 0.5) is 0 Å². The van der Waals surface area contributed by atoms with Crippen LogP contribution < -0.4 is 5.32 Å². The van der Waals surface area contributed by atoms with Gasteiger partial charge in [-0.15, -0.1) is 0 Å². The van der Waals surface area contributed by atoms with Gasteiger partial charge in [-0.1, -0.05) is 6.07 Å². The molecule has 0 saturated heterocycles. The van der Waals surface area contributed by atoms with Crippen LogP contribution in [0.5, 0.6) is 0 Å². The number of nitrogens with one attached hydrogen (secondary N) is 1. The van der Waals surface area contributed by atoms with E-state index in [0.29, 0.717) is 5.56 Å². The quantitative estimate of drug-likeness (QED) is 0.781. The Morgan fingerprint density at radius 3 is 2.39 bits per heavy atom. The van der Waals surface area contributed by atoms with E-state index in [2.05, 4.69) is 5.32 Å². The van der Waals surface area contributed by atoms with Crippen molar-refractivity contribution >= 4 is 17.8 Å². The molecule has 0 saturated carbocycles. The summed E-state index contributed by atoms with van der Waals surface area (Å²) in [7, 11) is 4.68. The molecule has 2 amide bonds. The lowest BCUT2D eigenvalue weighted by molar-refractivity contribution is -0.139. The molecule has 0 spiro atoms. The van der Waals surface area contributed by atoms with Gasteiger partial charge in [-0.05, 0) is 25.1 Å². The lowest BCUT2D eigenvalue weighted by atomic mass is 9.98. The second kappa shape index (κ2) is 7.73. The summed E-state index contributed by atoms with van der Waals surface area (Å²) in [5.74, 6) is -1.72. The van der Waals surface area contributed by atoms with Crippen LogP contribution in [0.1, 0.15) is 34.1 Å². The van der Waals surface area contributed by atoms with E-state index < -0.39 is 17.4 Å². The average molecular weight is 322 g/mol. The van der Waals surface area contributed by atoms with Gasteiger partial charge in [-0.3, -0.25) is 14.4 Å². The van der Waals surface area contributed by atoms with Gasteiger partial charge in [0.1, 0.15) is 0 Å². The van der Waals surface area contributed by atoms with Crippen molar-refractivity contribution in [3.05, 3.63) is 35.4 Å². The number of nitrogens with zero attached hydrogens (tertiary/aromatic N) is 1. The summed E-state index contributed by atoms with van der Waals surface area (Å²) in [6.45, 7) is 1.65.